The van der Waals surface area contributed by atoms with E-state index in [9.17, 15) is 4.79 Å². The minimum Gasteiger partial charge on any atom is -0.444 e. The molecule has 130 valence electrons. The molecule has 6 heteroatoms. The molecule has 0 bridgehead atoms. The third-order valence-electron chi connectivity index (χ3n) is 3.57. The summed E-state index contributed by atoms with van der Waals surface area (Å²) in [7, 11) is 0. The Hall–Kier alpha value is -0.0800. The monoisotopic (exact) mass is 427 g/mol. The molecule has 1 aliphatic rings. The third kappa shape index (κ3) is 6.20. The number of carbonyl (C=O) groups excluding carboxylic acids is 1. The highest BCUT2D eigenvalue weighted by Gasteiger charge is 2.36. The topological polar surface area (TPSA) is 48.0 Å². The lowest BCUT2D eigenvalue weighted by molar-refractivity contribution is -0.0926. The molecule has 0 aromatic carbocycles. The van der Waals surface area contributed by atoms with E-state index in [1.165, 1.54) is 0 Å². The number of rotatable bonds is 6. The fraction of sp³-hybridized carbons (Fsp3) is 0.938. The van der Waals surface area contributed by atoms with E-state index in [2.05, 4.69) is 36.4 Å². The maximum Gasteiger partial charge on any atom is 0.410 e. The molecule has 0 spiro atoms. The zero-order chi connectivity index (χ0) is 17.0. The Morgan fingerprint density at radius 3 is 2.36 bits per heavy atom. The predicted molar refractivity (Wildman–Crippen MR) is 95.6 cm³/mol. The van der Waals surface area contributed by atoms with Gasteiger partial charge in [0.2, 0.25) is 0 Å². The lowest BCUT2D eigenvalue weighted by atomic mass is 10.1. The van der Waals surface area contributed by atoms with Crippen molar-refractivity contribution < 1.29 is 19.0 Å². The van der Waals surface area contributed by atoms with E-state index in [1.54, 1.807) is 4.90 Å². The van der Waals surface area contributed by atoms with Crippen molar-refractivity contribution in [3.8, 4) is 0 Å². The maximum absolute atomic E-state index is 12.3. The standard InChI is InChI=1S/C16H30INO4/c1-7-18(14(19)22-15(3,4)5)11-16(6,10-17)21-13-9-20-8-12(13)2/h12-13H,7-11H2,1-6H3. The van der Waals surface area contributed by atoms with Gasteiger partial charge in [0, 0.05) is 16.9 Å². The molecule has 0 aromatic heterocycles. The first-order valence-electron chi connectivity index (χ1n) is 7.89. The van der Waals surface area contributed by atoms with Gasteiger partial charge < -0.3 is 19.1 Å². The number of halogens is 1. The first-order chi connectivity index (χ1) is 10.1. The number of ether oxygens (including phenoxy) is 3. The molecule has 1 saturated heterocycles. The molecule has 1 aliphatic heterocycles. The summed E-state index contributed by atoms with van der Waals surface area (Å²) in [5, 5.41) is 0. The zero-order valence-electron chi connectivity index (χ0n) is 14.6. The second-order valence-corrected chi connectivity index (χ2v) is 8.01. The maximum atomic E-state index is 12.3. The van der Waals surface area contributed by atoms with Gasteiger partial charge in [0.05, 0.1) is 31.5 Å². The SMILES string of the molecule is CCN(CC(C)(CI)OC1COCC1C)C(=O)OC(C)(C)C. The Labute approximate surface area is 148 Å². The molecule has 3 atom stereocenters. The Kier molecular flexibility index (Phi) is 7.39. The van der Waals surface area contributed by atoms with Crippen LogP contribution in [0.3, 0.4) is 0 Å². The molecule has 0 saturated carbocycles. The van der Waals surface area contributed by atoms with Crippen LogP contribution in [0.25, 0.3) is 0 Å². The molecule has 0 aliphatic carbocycles. The first kappa shape index (κ1) is 20.0. The molecule has 1 heterocycles. The van der Waals surface area contributed by atoms with Crippen LogP contribution >= 0.6 is 22.6 Å². The summed E-state index contributed by atoms with van der Waals surface area (Å²) >= 11 is 2.32. The molecule has 22 heavy (non-hydrogen) atoms. The fourth-order valence-corrected chi connectivity index (χ4v) is 2.73. The van der Waals surface area contributed by atoms with Gasteiger partial charge in [0.1, 0.15) is 5.60 Å². The van der Waals surface area contributed by atoms with Crippen molar-refractivity contribution in [1.82, 2.24) is 4.90 Å². The van der Waals surface area contributed by atoms with E-state index in [0.29, 0.717) is 25.6 Å². The molecule has 0 aromatic rings. The summed E-state index contributed by atoms with van der Waals surface area (Å²) in [5.41, 5.74) is -0.889. The Bertz CT molecular complexity index is 372. The van der Waals surface area contributed by atoms with Gasteiger partial charge in [0.25, 0.3) is 0 Å². The summed E-state index contributed by atoms with van der Waals surface area (Å²) < 4.78 is 18.0. The predicted octanol–water partition coefficient (Wildman–Crippen LogP) is 3.49. The van der Waals surface area contributed by atoms with Crippen LogP contribution in [0.5, 0.6) is 0 Å². The molecule has 0 N–H and O–H groups in total. The summed E-state index contributed by atoms with van der Waals surface area (Å²) in [4.78, 5) is 14.0. The van der Waals surface area contributed by atoms with Crippen molar-refractivity contribution in [2.75, 3.05) is 30.7 Å². The van der Waals surface area contributed by atoms with Gasteiger partial charge in [-0.15, -0.1) is 0 Å². The van der Waals surface area contributed by atoms with Crippen molar-refractivity contribution in [2.24, 2.45) is 5.92 Å². The van der Waals surface area contributed by atoms with E-state index in [1.807, 2.05) is 27.7 Å². The second-order valence-electron chi connectivity index (χ2n) is 7.25. The zero-order valence-corrected chi connectivity index (χ0v) is 16.8. The highest BCUT2D eigenvalue weighted by atomic mass is 127. The van der Waals surface area contributed by atoms with Crippen LogP contribution < -0.4 is 0 Å². The van der Waals surface area contributed by atoms with Gasteiger partial charge in [0.15, 0.2) is 0 Å². The van der Waals surface area contributed by atoms with Crippen LogP contribution in [-0.2, 0) is 14.2 Å². The average molecular weight is 427 g/mol. The highest BCUT2D eigenvalue weighted by molar-refractivity contribution is 14.1. The van der Waals surface area contributed by atoms with Gasteiger partial charge in [-0.25, -0.2) is 4.79 Å². The van der Waals surface area contributed by atoms with Crippen molar-refractivity contribution in [2.45, 2.75) is 58.8 Å². The van der Waals surface area contributed by atoms with Crippen LogP contribution in [0.4, 0.5) is 4.79 Å². The molecule has 1 amide bonds. The Morgan fingerprint density at radius 2 is 1.95 bits per heavy atom. The van der Waals surface area contributed by atoms with Crippen LogP contribution in [0, 0.1) is 5.92 Å². The average Bonchev–Trinajstić information content (AvgIpc) is 2.79. The normalized spacial score (nSPS) is 24.9. The molecule has 0 radical (unpaired) electrons. The number of hydrogen-bond acceptors (Lipinski definition) is 4. The van der Waals surface area contributed by atoms with Crippen LogP contribution in [0.1, 0.15) is 41.5 Å². The van der Waals surface area contributed by atoms with E-state index >= 15 is 0 Å². The van der Waals surface area contributed by atoms with Gasteiger partial charge >= 0.3 is 6.09 Å². The molecular weight excluding hydrogens is 397 g/mol. The van der Waals surface area contributed by atoms with E-state index < -0.39 is 11.2 Å². The second kappa shape index (κ2) is 8.15. The summed E-state index contributed by atoms with van der Waals surface area (Å²) in [5.74, 6) is 0.388. The van der Waals surface area contributed by atoms with Crippen LogP contribution in [0.15, 0.2) is 0 Å². The lowest BCUT2D eigenvalue weighted by Gasteiger charge is -2.37. The number of amides is 1. The number of hydrogen-bond donors (Lipinski definition) is 0. The number of alkyl halides is 1. The minimum atomic E-state index is -0.486. The fourth-order valence-electron chi connectivity index (χ4n) is 2.30. The minimum absolute atomic E-state index is 0.0945. The van der Waals surface area contributed by atoms with Gasteiger partial charge in [-0.2, -0.15) is 0 Å². The molecular formula is C16H30INO4. The molecule has 3 unspecified atom stereocenters. The van der Waals surface area contributed by atoms with E-state index in [4.69, 9.17) is 14.2 Å². The number of likely N-dealkylation sites (N-methyl/N-ethyl adjacent to an activating group) is 1. The van der Waals surface area contributed by atoms with E-state index in [-0.39, 0.29) is 12.2 Å². The molecule has 1 rings (SSSR count). The summed E-state index contributed by atoms with van der Waals surface area (Å²) in [6.07, 6.45) is -0.192. The van der Waals surface area contributed by atoms with Gasteiger partial charge in [-0.3, -0.25) is 0 Å². The van der Waals surface area contributed by atoms with Gasteiger partial charge in [-0.05, 0) is 34.6 Å². The van der Waals surface area contributed by atoms with Crippen molar-refractivity contribution in [1.29, 1.82) is 0 Å². The van der Waals surface area contributed by atoms with Crippen molar-refractivity contribution in [3.05, 3.63) is 0 Å². The van der Waals surface area contributed by atoms with Crippen molar-refractivity contribution >= 4 is 28.7 Å². The highest BCUT2D eigenvalue weighted by Crippen LogP contribution is 2.26. The summed E-state index contributed by atoms with van der Waals surface area (Å²) in [6.45, 7) is 14.3. The van der Waals surface area contributed by atoms with Crippen LogP contribution in [-0.4, -0.2) is 59.0 Å². The van der Waals surface area contributed by atoms with Crippen molar-refractivity contribution in [3.63, 3.8) is 0 Å². The smallest absolute Gasteiger partial charge is 0.410 e. The van der Waals surface area contributed by atoms with E-state index in [0.717, 1.165) is 11.0 Å². The van der Waals surface area contributed by atoms with Gasteiger partial charge in [-0.1, -0.05) is 29.5 Å². The third-order valence-corrected chi connectivity index (χ3v) is 5.19. The Balaban J connectivity index is 2.69. The quantitative estimate of drug-likeness (QED) is 0.481. The lowest BCUT2D eigenvalue weighted by Crippen LogP contribution is -2.50. The summed E-state index contributed by atoms with van der Waals surface area (Å²) in [6, 6.07) is 0. The number of nitrogens with zero attached hydrogens (tertiary/aromatic N) is 1. The largest absolute Gasteiger partial charge is 0.444 e. The van der Waals surface area contributed by atoms with Crippen LogP contribution in [0.2, 0.25) is 0 Å². The number of carbonyl (C=O) groups is 1. The molecule has 1 fully saturated rings. The molecule has 5 nitrogen and oxygen atoms in total. The first-order valence-corrected chi connectivity index (χ1v) is 9.42. The Morgan fingerprint density at radius 1 is 1.32 bits per heavy atom.